The van der Waals surface area contributed by atoms with E-state index in [4.69, 9.17) is 11.6 Å². The molecule has 0 aromatic carbocycles. The summed E-state index contributed by atoms with van der Waals surface area (Å²) in [5.41, 5.74) is -0.247. The predicted molar refractivity (Wildman–Crippen MR) is 66.0 cm³/mol. The second-order valence-electron chi connectivity index (χ2n) is 3.91. The lowest BCUT2D eigenvalue weighted by Gasteiger charge is -2.02. The molecule has 0 saturated heterocycles. The first-order chi connectivity index (χ1) is 8.50. The minimum Gasteiger partial charge on any atom is -0.279 e. The molecule has 8 heteroatoms. The number of nitrogens with zero attached hydrogens (tertiary/aromatic N) is 5. The van der Waals surface area contributed by atoms with E-state index in [9.17, 15) is 9.59 Å². The highest BCUT2D eigenvalue weighted by Gasteiger charge is 2.15. The van der Waals surface area contributed by atoms with Gasteiger partial charge in [0.25, 0.3) is 5.56 Å². The number of aryl methyl sites for hydroxylation is 1. The quantitative estimate of drug-likeness (QED) is 0.534. The van der Waals surface area contributed by atoms with E-state index < -0.39 is 11.2 Å². The van der Waals surface area contributed by atoms with Gasteiger partial charge in [0.05, 0.1) is 0 Å². The Hall–Kier alpha value is -2.15. The zero-order chi connectivity index (χ0) is 13.0. The van der Waals surface area contributed by atoms with Crippen molar-refractivity contribution in [3.63, 3.8) is 0 Å². The van der Waals surface area contributed by atoms with Crippen LogP contribution in [0, 0.1) is 0 Å². The first kappa shape index (κ1) is 11.0. The molecule has 7 nitrogen and oxygen atoms in total. The molecular formula is C10H8ClN5O2. The molecule has 0 fully saturated rings. The minimum atomic E-state index is -0.429. The second-order valence-corrected chi connectivity index (χ2v) is 4.30. The number of aromatic nitrogens is 5. The van der Waals surface area contributed by atoms with Crippen LogP contribution in [0.2, 0.25) is 5.15 Å². The van der Waals surface area contributed by atoms with Gasteiger partial charge in [0.2, 0.25) is 5.78 Å². The molecule has 3 aromatic heterocycles. The van der Waals surface area contributed by atoms with Crippen molar-refractivity contribution in [2.75, 3.05) is 0 Å². The Balaban J connectivity index is 2.72. The average Bonchev–Trinajstić information content (AvgIpc) is 2.72. The van der Waals surface area contributed by atoms with E-state index >= 15 is 0 Å². The van der Waals surface area contributed by atoms with Gasteiger partial charge in [0.1, 0.15) is 5.15 Å². The summed E-state index contributed by atoms with van der Waals surface area (Å²) in [5.74, 6) is 0.288. The maximum Gasteiger partial charge on any atom is 0.332 e. The van der Waals surface area contributed by atoms with Crippen LogP contribution in [0.5, 0.6) is 0 Å². The molecule has 92 valence electrons. The molecule has 0 aliphatic rings. The van der Waals surface area contributed by atoms with Gasteiger partial charge in [-0.2, -0.15) is 4.98 Å². The highest BCUT2D eigenvalue weighted by molar-refractivity contribution is 6.29. The SMILES string of the molecule is Cn1c(=O)c2c(nc3nc(Cl)ccn32)n(C)c1=O. The summed E-state index contributed by atoms with van der Waals surface area (Å²) < 4.78 is 3.85. The molecule has 0 amide bonds. The molecule has 0 N–H and O–H groups in total. The fourth-order valence-electron chi connectivity index (χ4n) is 1.89. The lowest BCUT2D eigenvalue weighted by atomic mass is 10.5. The van der Waals surface area contributed by atoms with Crippen LogP contribution in [-0.4, -0.2) is 23.5 Å². The zero-order valence-electron chi connectivity index (χ0n) is 9.59. The second kappa shape index (κ2) is 3.42. The van der Waals surface area contributed by atoms with E-state index in [1.807, 2.05) is 0 Å². The molecule has 3 aromatic rings. The van der Waals surface area contributed by atoms with Gasteiger partial charge in [-0.3, -0.25) is 18.3 Å². The highest BCUT2D eigenvalue weighted by Crippen LogP contribution is 2.12. The summed E-state index contributed by atoms with van der Waals surface area (Å²) in [5, 5.41) is 0.277. The molecular weight excluding hydrogens is 258 g/mol. The van der Waals surface area contributed by atoms with Gasteiger partial charge in [-0.25, -0.2) is 9.78 Å². The molecule has 0 radical (unpaired) electrons. The minimum absolute atomic E-state index is 0.277. The summed E-state index contributed by atoms with van der Waals surface area (Å²) in [7, 11) is 2.98. The van der Waals surface area contributed by atoms with E-state index in [0.717, 1.165) is 4.57 Å². The largest absolute Gasteiger partial charge is 0.332 e. The third kappa shape index (κ3) is 1.25. The Kier molecular flexibility index (Phi) is 2.09. The maximum absolute atomic E-state index is 12.1. The monoisotopic (exact) mass is 265 g/mol. The van der Waals surface area contributed by atoms with Crippen LogP contribution in [0.1, 0.15) is 0 Å². The van der Waals surface area contributed by atoms with Gasteiger partial charge in [-0.1, -0.05) is 11.6 Å². The summed E-state index contributed by atoms with van der Waals surface area (Å²) >= 11 is 5.77. The Labute approximate surface area is 105 Å². The molecule has 0 unspecified atom stereocenters. The summed E-state index contributed by atoms with van der Waals surface area (Å²) in [6.45, 7) is 0. The third-order valence-electron chi connectivity index (χ3n) is 2.84. The van der Waals surface area contributed by atoms with Crippen LogP contribution in [0.4, 0.5) is 0 Å². The van der Waals surface area contributed by atoms with Crippen LogP contribution in [0.15, 0.2) is 21.9 Å². The molecule has 0 bridgehead atoms. The fourth-order valence-corrected chi connectivity index (χ4v) is 2.02. The number of hydrogen-bond donors (Lipinski definition) is 0. The van der Waals surface area contributed by atoms with Gasteiger partial charge in [0.15, 0.2) is 11.2 Å². The van der Waals surface area contributed by atoms with Crippen molar-refractivity contribution in [3.8, 4) is 0 Å². The van der Waals surface area contributed by atoms with Crippen LogP contribution < -0.4 is 11.2 Å². The van der Waals surface area contributed by atoms with Crippen molar-refractivity contribution in [1.29, 1.82) is 0 Å². The molecule has 0 saturated carbocycles. The summed E-state index contributed by atoms with van der Waals surface area (Å²) in [6.07, 6.45) is 1.60. The molecule has 0 aliphatic heterocycles. The molecule has 0 spiro atoms. The van der Waals surface area contributed by atoms with Gasteiger partial charge < -0.3 is 0 Å². The van der Waals surface area contributed by atoms with Gasteiger partial charge in [-0.05, 0) is 6.07 Å². The van der Waals surface area contributed by atoms with Crippen LogP contribution in [0.25, 0.3) is 16.9 Å². The lowest BCUT2D eigenvalue weighted by Crippen LogP contribution is -2.37. The topological polar surface area (TPSA) is 74.2 Å². The number of rotatable bonds is 0. The summed E-state index contributed by atoms with van der Waals surface area (Å²) in [6, 6.07) is 1.56. The Morgan fingerprint density at radius 3 is 2.61 bits per heavy atom. The summed E-state index contributed by atoms with van der Waals surface area (Å²) in [4.78, 5) is 32.0. The van der Waals surface area contributed by atoms with Gasteiger partial charge >= 0.3 is 5.69 Å². The number of imidazole rings is 1. The van der Waals surface area contributed by atoms with Crippen molar-refractivity contribution in [1.82, 2.24) is 23.5 Å². The maximum atomic E-state index is 12.1. The van der Waals surface area contributed by atoms with E-state index in [0.29, 0.717) is 5.52 Å². The smallest absolute Gasteiger partial charge is 0.279 e. The molecule has 0 atom stereocenters. The van der Waals surface area contributed by atoms with E-state index in [1.165, 1.54) is 16.0 Å². The van der Waals surface area contributed by atoms with E-state index in [1.54, 1.807) is 19.3 Å². The van der Waals surface area contributed by atoms with Crippen molar-refractivity contribution in [3.05, 3.63) is 38.3 Å². The predicted octanol–water partition coefficient (Wildman–Crippen LogP) is -0.0667. The number of fused-ring (bicyclic) bond motifs is 3. The van der Waals surface area contributed by atoms with Crippen molar-refractivity contribution >= 4 is 28.5 Å². The number of halogens is 1. The highest BCUT2D eigenvalue weighted by atomic mass is 35.5. The molecule has 18 heavy (non-hydrogen) atoms. The van der Waals surface area contributed by atoms with Crippen LogP contribution in [0.3, 0.4) is 0 Å². The molecule has 0 aliphatic carbocycles. The first-order valence-corrected chi connectivity index (χ1v) is 5.49. The van der Waals surface area contributed by atoms with Crippen molar-refractivity contribution in [2.45, 2.75) is 0 Å². The van der Waals surface area contributed by atoms with Gasteiger partial charge in [0, 0.05) is 20.3 Å². The first-order valence-electron chi connectivity index (χ1n) is 5.11. The molecule has 3 heterocycles. The molecule has 3 rings (SSSR count). The Bertz CT molecular complexity index is 904. The standard InChI is InChI=1S/C10H8ClN5O2/c1-14-7-6(8(17)15(2)10(14)18)16-4-3-5(11)12-9(16)13-7/h3-4H,1-2H3. The fraction of sp³-hybridized carbons (Fsp3) is 0.200. The van der Waals surface area contributed by atoms with Gasteiger partial charge in [-0.15, -0.1) is 0 Å². The normalized spacial score (nSPS) is 11.5. The average molecular weight is 266 g/mol. The van der Waals surface area contributed by atoms with Crippen LogP contribution in [-0.2, 0) is 14.1 Å². The van der Waals surface area contributed by atoms with E-state index in [-0.39, 0.29) is 16.6 Å². The van der Waals surface area contributed by atoms with Crippen molar-refractivity contribution < 1.29 is 0 Å². The van der Waals surface area contributed by atoms with E-state index in [2.05, 4.69) is 9.97 Å². The third-order valence-corrected chi connectivity index (χ3v) is 3.05. The van der Waals surface area contributed by atoms with Crippen molar-refractivity contribution in [2.24, 2.45) is 14.1 Å². The lowest BCUT2D eigenvalue weighted by molar-refractivity contribution is 0.708. The zero-order valence-corrected chi connectivity index (χ0v) is 10.3. The van der Waals surface area contributed by atoms with Crippen LogP contribution >= 0.6 is 11.6 Å². The Morgan fingerprint density at radius 2 is 1.89 bits per heavy atom. The Morgan fingerprint density at radius 1 is 1.17 bits per heavy atom. The number of hydrogen-bond acceptors (Lipinski definition) is 4.